The Bertz CT molecular complexity index is 574. The minimum Gasteiger partial charge on any atom is -0.496 e. The average Bonchev–Trinajstić information content (AvgIpc) is 2.37. The molecule has 2 aromatic rings. The van der Waals surface area contributed by atoms with E-state index in [0.29, 0.717) is 18.5 Å². The molecule has 90 valence electrons. The molecule has 1 heterocycles. The summed E-state index contributed by atoms with van der Waals surface area (Å²) >= 11 is 0. The second-order valence-corrected chi connectivity index (χ2v) is 3.73. The largest absolute Gasteiger partial charge is 0.496 e. The lowest BCUT2D eigenvalue weighted by Gasteiger charge is -2.08. The fraction of sp³-hybridized carbons (Fsp3) is 0.308. The van der Waals surface area contributed by atoms with Gasteiger partial charge in [-0.2, -0.15) is 0 Å². The molecule has 0 radical (unpaired) electrons. The van der Waals surface area contributed by atoms with E-state index in [-0.39, 0.29) is 5.56 Å². The van der Waals surface area contributed by atoms with E-state index in [1.165, 1.54) is 0 Å². The molecule has 0 fully saturated rings. The van der Waals surface area contributed by atoms with Crippen molar-refractivity contribution in [2.75, 3.05) is 20.8 Å². The number of ether oxygens (including phenoxy) is 2. The van der Waals surface area contributed by atoms with Crippen molar-refractivity contribution in [3.05, 3.63) is 40.8 Å². The molecule has 4 heteroatoms. The molecule has 0 unspecified atom stereocenters. The zero-order valence-corrected chi connectivity index (χ0v) is 9.97. The molecule has 0 spiro atoms. The Kier molecular flexibility index (Phi) is 3.44. The molecule has 0 saturated carbocycles. The first kappa shape index (κ1) is 11.7. The van der Waals surface area contributed by atoms with Crippen LogP contribution < -0.4 is 10.3 Å². The van der Waals surface area contributed by atoms with Crippen LogP contribution in [0.15, 0.2) is 35.3 Å². The standard InChI is InChI=1S/C13H15NO3/c1-16-9-8-14-7-6-10-11(13(14)15)4-3-5-12(10)17-2/h3-7H,8-9H2,1-2H3. The van der Waals surface area contributed by atoms with E-state index < -0.39 is 0 Å². The van der Waals surface area contributed by atoms with Gasteiger partial charge in [0.05, 0.1) is 19.1 Å². The summed E-state index contributed by atoms with van der Waals surface area (Å²) in [5, 5.41) is 1.51. The molecule has 0 aliphatic carbocycles. The monoisotopic (exact) mass is 233 g/mol. The van der Waals surface area contributed by atoms with Gasteiger partial charge in [0.1, 0.15) is 5.75 Å². The van der Waals surface area contributed by atoms with E-state index in [0.717, 1.165) is 11.1 Å². The van der Waals surface area contributed by atoms with Gasteiger partial charge in [0.2, 0.25) is 0 Å². The lowest BCUT2D eigenvalue weighted by atomic mass is 10.1. The van der Waals surface area contributed by atoms with Crippen molar-refractivity contribution in [1.29, 1.82) is 0 Å². The zero-order valence-electron chi connectivity index (χ0n) is 9.97. The third-order valence-corrected chi connectivity index (χ3v) is 2.73. The highest BCUT2D eigenvalue weighted by Gasteiger charge is 2.06. The molecule has 1 aromatic carbocycles. The van der Waals surface area contributed by atoms with Crippen molar-refractivity contribution in [2.24, 2.45) is 0 Å². The summed E-state index contributed by atoms with van der Waals surface area (Å²) in [5.41, 5.74) is -0.0153. The summed E-state index contributed by atoms with van der Waals surface area (Å²) in [4.78, 5) is 12.2. The van der Waals surface area contributed by atoms with E-state index in [4.69, 9.17) is 9.47 Å². The predicted octanol–water partition coefficient (Wildman–Crippen LogP) is 1.66. The molecule has 0 saturated heterocycles. The molecular weight excluding hydrogens is 218 g/mol. The fourth-order valence-electron chi connectivity index (χ4n) is 1.83. The Labute approximate surface area is 99.4 Å². The van der Waals surface area contributed by atoms with Gasteiger partial charge in [0.15, 0.2) is 0 Å². The first-order valence-corrected chi connectivity index (χ1v) is 5.43. The number of aromatic nitrogens is 1. The molecule has 0 aliphatic rings. The number of nitrogens with zero attached hydrogens (tertiary/aromatic N) is 1. The highest BCUT2D eigenvalue weighted by atomic mass is 16.5. The summed E-state index contributed by atoms with van der Waals surface area (Å²) < 4.78 is 11.8. The number of pyridine rings is 1. The molecule has 4 nitrogen and oxygen atoms in total. The van der Waals surface area contributed by atoms with Gasteiger partial charge in [-0.3, -0.25) is 4.79 Å². The molecule has 0 bridgehead atoms. The maximum Gasteiger partial charge on any atom is 0.258 e. The van der Waals surface area contributed by atoms with Crippen LogP contribution in [-0.2, 0) is 11.3 Å². The van der Waals surface area contributed by atoms with Gasteiger partial charge < -0.3 is 14.0 Å². The average molecular weight is 233 g/mol. The number of hydrogen-bond acceptors (Lipinski definition) is 3. The molecule has 2 rings (SSSR count). The van der Waals surface area contributed by atoms with Crippen molar-refractivity contribution in [2.45, 2.75) is 6.54 Å². The Hall–Kier alpha value is -1.81. The smallest absolute Gasteiger partial charge is 0.258 e. The Balaban J connectivity index is 2.56. The summed E-state index contributed by atoms with van der Waals surface area (Å²) in [6.07, 6.45) is 1.77. The van der Waals surface area contributed by atoms with Crippen molar-refractivity contribution >= 4 is 10.8 Å². The molecule has 0 aliphatic heterocycles. The number of benzene rings is 1. The lowest BCUT2D eigenvalue weighted by molar-refractivity contribution is 0.186. The Morgan fingerprint density at radius 2 is 2.00 bits per heavy atom. The molecule has 0 atom stereocenters. The van der Waals surface area contributed by atoms with Gasteiger partial charge in [-0.25, -0.2) is 0 Å². The summed E-state index contributed by atoms with van der Waals surface area (Å²) in [7, 11) is 3.22. The maximum absolute atomic E-state index is 12.2. The van der Waals surface area contributed by atoms with Gasteiger partial charge in [0.25, 0.3) is 5.56 Å². The molecule has 1 aromatic heterocycles. The third-order valence-electron chi connectivity index (χ3n) is 2.73. The molecule has 17 heavy (non-hydrogen) atoms. The second-order valence-electron chi connectivity index (χ2n) is 3.73. The second kappa shape index (κ2) is 5.01. The number of hydrogen-bond donors (Lipinski definition) is 0. The van der Waals surface area contributed by atoms with E-state index in [2.05, 4.69) is 0 Å². The van der Waals surface area contributed by atoms with Crippen LogP contribution in [0.4, 0.5) is 0 Å². The first-order chi connectivity index (χ1) is 8.27. The van der Waals surface area contributed by atoms with Gasteiger partial charge in [0, 0.05) is 25.2 Å². The van der Waals surface area contributed by atoms with E-state index in [9.17, 15) is 4.79 Å². The van der Waals surface area contributed by atoms with Crippen molar-refractivity contribution in [1.82, 2.24) is 4.57 Å². The lowest BCUT2D eigenvalue weighted by Crippen LogP contribution is -2.21. The van der Waals surface area contributed by atoms with Crippen LogP contribution in [0.3, 0.4) is 0 Å². The van der Waals surface area contributed by atoms with Gasteiger partial charge in [-0.1, -0.05) is 6.07 Å². The minimum atomic E-state index is -0.0153. The van der Waals surface area contributed by atoms with Gasteiger partial charge >= 0.3 is 0 Å². The molecule has 0 amide bonds. The summed E-state index contributed by atoms with van der Waals surface area (Å²) in [5.74, 6) is 0.721. The minimum absolute atomic E-state index is 0.0153. The Morgan fingerprint density at radius 1 is 1.18 bits per heavy atom. The van der Waals surface area contributed by atoms with Crippen LogP contribution in [-0.4, -0.2) is 25.4 Å². The van der Waals surface area contributed by atoms with Gasteiger partial charge in [-0.05, 0) is 18.2 Å². The third kappa shape index (κ3) is 2.17. The van der Waals surface area contributed by atoms with Crippen LogP contribution in [0.5, 0.6) is 5.75 Å². The zero-order chi connectivity index (χ0) is 12.3. The molecule has 0 N–H and O–H groups in total. The first-order valence-electron chi connectivity index (χ1n) is 5.43. The van der Waals surface area contributed by atoms with E-state index in [1.54, 1.807) is 25.0 Å². The number of methoxy groups -OCH3 is 2. The normalized spacial score (nSPS) is 10.7. The quantitative estimate of drug-likeness (QED) is 0.806. The van der Waals surface area contributed by atoms with Crippen LogP contribution in [0.1, 0.15) is 0 Å². The van der Waals surface area contributed by atoms with Crippen LogP contribution >= 0.6 is 0 Å². The Morgan fingerprint density at radius 3 is 2.71 bits per heavy atom. The SMILES string of the molecule is COCCn1ccc2c(OC)cccc2c1=O. The van der Waals surface area contributed by atoms with Crippen LogP contribution in [0.25, 0.3) is 10.8 Å². The predicted molar refractivity (Wildman–Crippen MR) is 66.6 cm³/mol. The van der Waals surface area contributed by atoms with Crippen molar-refractivity contribution < 1.29 is 9.47 Å². The summed E-state index contributed by atoms with van der Waals surface area (Å²) in [6.45, 7) is 1.08. The fourth-order valence-corrected chi connectivity index (χ4v) is 1.83. The van der Waals surface area contributed by atoms with Crippen LogP contribution in [0, 0.1) is 0 Å². The van der Waals surface area contributed by atoms with Crippen molar-refractivity contribution in [3.8, 4) is 5.75 Å². The van der Waals surface area contributed by atoms with Crippen LogP contribution in [0.2, 0.25) is 0 Å². The highest BCUT2D eigenvalue weighted by molar-refractivity contribution is 5.87. The number of fused-ring (bicyclic) bond motifs is 1. The highest BCUT2D eigenvalue weighted by Crippen LogP contribution is 2.22. The maximum atomic E-state index is 12.2. The van der Waals surface area contributed by atoms with Gasteiger partial charge in [-0.15, -0.1) is 0 Å². The van der Waals surface area contributed by atoms with E-state index in [1.807, 2.05) is 24.3 Å². The summed E-state index contributed by atoms with van der Waals surface area (Å²) in [6, 6.07) is 7.37. The number of rotatable bonds is 4. The van der Waals surface area contributed by atoms with Crippen molar-refractivity contribution in [3.63, 3.8) is 0 Å². The molecular formula is C13H15NO3. The topological polar surface area (TPSA) is 40.5 Å². The van der Waals surface area contributed by atoms with E-state index >= 15 is 0 Å².